The second kappa shape index (κ2) is 7.65. The largest absolute Gasteiger partial charge is 0.395 e. The normalized spacial score (nSPS) is 11.8. The highest BCUT2D eigenvalue weighted by Crippen LogP contribution is 2.15. The van der Waals surface area contributed by atoms with Crippen molar-refractivity contribution in [2.75, 3.05) is 13.2 Å². The van der Waals surface area contributed by atoms with E-state index in [1.54, 1.807) is 13.0 Å². The summed E-state index contributed by atoms with van der Waals surface area (Å²) in [6.45, 7) is 1.37. The van der Waals surface area contributed by atoms with Crippen LogP contribution in [0.25, 0.3) is 0 Å². The highest BCUT2D eigenvalue weighted by molar-refractivity contribution is 6.11. The first kappa shape index (κ1) is 17.6. The Morgan fingerprint density at radius 3 is 2.50 bits per heavy atom. The van der Waals surface area contributed by atoms with Gasteiger partial charge < -0.3 is 10.4 Å². The lowest BCUT2D eigenvalue weighted by Gasteiger charge is -2.18. The average Bonchev–Trinajstić information content (AvgIpc) is 2.56. The van der Waals surface area contributed by atoms with Crippen molar-refractivity contribution in [1.29, 1.82) is 0 Å². The predicted octanol–water partition coefficient (Wildman–Crippen LogP) is 0.828. The Morgan fingerprint density at radius 1 is 1.21 bits per heavy atom. The number of nitrogens with zero attached hydrogens (tertiary/aromatic N) is 1. The molecule has 0 radical (unpaired) electrons. The van der Waals surface area contributed by atoms with E-state index in [0.717, 1.165) is 16.7 Å². The van der Waals surface area contributed by atoms with Crippen molar-refractivity contribution in [3.8, 4) is 0 Å². The van der Waals surface area contributed by atoms with Gasteiger partial charge in [0.05, 0.1) is 6.61 Å². The molecule has 0 aliphatic heterocycles. The second-order valence-electron chi connectivity index (χ2n) is 5.24. The number of nitrogens with one attached hydrogen (secondary N) is 1. The Hall–Kier alpha value is -2.80. The third-order valence-corrected chi connectivity index (χ3v) is 3.40. The lowest BCUT2D eigenvalue weighted by atomic mass is 10.0. The first-order valence-electron chi connectivity index (χ1n) is 7.31. The molecule has 0 saturated carbocycles. The number of carbonyl (C=O) groups is 2. The molecule has 0 fully saturated rings. The number of amides is 1. The Kier molecular flexibility index (Phi) is 5.59. The maximum Gasteiger partial charge on any atom is 0.251 e. The first-order chi connectivity index (χ1) is 11.4. The lowest BCUT2D eigenvalue weighted by Crippen LogP contribution is -2.42. The third-order valence-electron chi connectivity index (χ3n) is 3.40. The Balaban J connectivity index is 2.48. The minimum Gasteiger partial charge on any atom is -0.395 e. The van der Waals surface area contributed by atoms with E-state index in [4.69, 9.17) is 5.11 Å². The van der Waals surface area contributed by atoms with Gasteiger partial charge in [0.15, 0.2) is 11.8 Å². The van der Waals surface area contributed by atoms with Crippen LogP contribution >= 0.6 is 0 Å². The molecule has 2 rings (SSSR count). The molecule has 0 aliphatic rings. The molecule has 2 aromatic rings. The summed E-state index contributed by atoms with van der Waals surface area (Å²) in [5, 5.41) is 11.2. The fourth-order valence-electron chi connectivity index (χ4n) is 2.24. The number of aliphatic hydroxyl groups excluding tert-OH is 1. The van der Waals surface area contributed by atoms with Crippen LogP contribution in [0.15, 0.2) is 47.4 Å². The standard InChI is InChI=1S/C17H17FN2O4/c1-11-2-7-14(22)20(10-11)15(17(24)19-8-9-21)16(23)12-3-5-13(18)6-4-12/h2-7,10,15,21H,8-9H2,1H3,(H,19,24)/t15-/m0/s1. The summed E-state index contributed by atoms with van der Waals surface area (Å²) < 4.78 is 14.1. The van der Waals surface area contributed by atoms with Gasteiger partial charge in [-0.1, -0.05) is 6.07 Å². The van der Waals surface area contributed by atoms with Crippen LogP contribution < -0.4 is 10.9 Å². The minimum atomic E-state index is -1.44. The topological polar surface area (TPSA) is 88.4 Å². The highest BCUT2D eigenvalue weighted by atomic mass is 19.1. The molecule has 1 amide bonds. The number of hydrogen-bond acceptors (Lipinski definition) is 4. The maximum absolute atomic E-state index is 13.0. The summed E-state index contributed by atoms with van der Waals surface area (Å²) in [5.41, 5.74) is 0.288. The molecule has 0 aliphatic carbocycles. The van der Waals surface area contributed by atoms with Crippen LogP contribution in [0.1, 0.15) is 22.0 Å². The molecule has 1 heterocycles. The molecule has 24 heavy (non-hydrogen) atoms. The van der Waals surface area contributed by atoms with Crippen molar-refractivity contribution in [3.63, 3.8) is 0 Å². The van der Waals surface area contributed by atoms with Gasteiger partial charge in [-0.15, -0.1) is 0 Å². The van der Waals surface area contributed by atoms with Gasteiger partial charge in [0.25, 0.3) is 11.5 Å². The second-order valence-corrected chi connectivity index (χ2v) is 5.24. The molecule has 0 saturated heterocycles. The van der Waals surface area contributed by atoms with Gasteiger partial charge in [-0.25, -0.2) is 4.39 Å². The van der Waals surface area contributed by atoms with Crippen LogP contribution in [0.4, 0.5) is 4.39 Å². The van der Waals surface area contributed by atoms with Crippen molar-refractivity contribution in [2.45, 2.75) is 13.0 Å². The lowest BCUT2D eigenvalue weighted by molar-refractivity contribution is -0.123. The van der Waals surface area contributed by atoms with E-state index in [1.165, 1.54) is 24.4 Å². The fourth-order valence-corrected chi connectivity index (χ4v) is 2.24. The number of aromatic nitrogens is 1. The van der Waals surface area contributed by atoms with E-state index in [9.17, 15) is 18.8 Å². The third kappa shape index (κ3) is 3.94. The van der Waals surface area contributed by atoms with Gasteiger partial charge in [-0.05, 0) is 36.8 Å². The van der Waals surface area contributed by atoms with Crippen LogP contribution in [-0.4, -0.2) is 34.5 Å². The number of benzene rings is 1. The predicted molar refractivity (Wildman–Crippen MR) is 85.3 cm³/mol. The number of rotatable bonds is 6. The monoisotopic (exact) mass is 332 g/mol. The van der Waals surface area contributed by atoms with E-state index in [1.807, 2.05) is 0 Å². The first-order valence-corrected chi connectivity index (χ1v) is 7.31. The molecular weight excluding hydrogens is 315 g/mol. The van der Waals surface area contributed by atoms with Crippen molar-refractivity contribution in [3.05, 3.63) is 69.9 Å². The Bertz CT molecular complexity index is 799. The molecule has 1 aromatic heterocycles. The molecule has 1 aromatic carbocycles. The molecule has 6 nitrogen and oxygen atoms in total. The van der Waals surface area contributed by atoms with Crippen molar-refractivity contribution >= 4 is 11.7 Å². The maximum atomic E-state index is 13.0. The minimum absolute atomic E-state index is 0.0490. The van der Waals surface area contributed by atoms with Crippen LogP contribution in [-0.2, 0) is 4.79 Å². The van der Waals surface area contributed by atoms with Crippen LogP contribution in [0.3, 0.4) is 0 Å². The van der Waals surface area contributed by atoms with E-state index in [0.29, 0.717) is 5.56 Å². The SMILES string of the molecule is Cc1ccc(=O)n([C@H](C(=O)NCCO)C(=O)c2ccc(F)cc2)c1. The highest BCUT2D eigenvalue weighted by Gasteiger charge is 2.30. The van der Waals surface area contributed by atoms with E-state index in [-0.39, 0.29) is 18.7 Å². The molecule has 1 atom stereocenters. The Labute approximate surface area is 137 Å². The zero-order valence-electron chi connectivity index (χ0n) is 13.0. The number of Topliss-reactive ketones (excluding diaryl/α,β-unsaturated/α-hetero) is 1. The smallest absolute Gasteiger partial charge is 0.251 e. The number of hydrogen-bond donors (Lipinski definition) is 2. The van der Waals surface area contributed by atoms with Crippen LogP contribution in [0, 0.1) is 12.7 Å². The van der Waals surface area contributed by atoms with Crippen LogP contribution in [0.2, 0.25) is 0 Å². The van der Waals surface area contributed by atoms with Gasteiger partial charge in [0, 0.05) is 24.4 Å². The number of ketones is 1. The zero-order valence-corrected chi connectivity index (χ0v) is 13.0. The van der Waals surface area contributed by atoms with Crippen molar-refractivity contribution in [2.24, 2.45) is 0 Å². The molecule has 0 bridgehead atoms. The Morgan fingerprint density at radius 2 is 1.88 bits per heavy atom. The summed E-state index contributed by atoms with van der Waals surface area (Å²) in [7, 11) is 0. The van der Waals surface area contributed by atoms with Gasteiger partial charge in [0.2, 0.25) is 0 Å². The molecule has 7 heteroatoms. The number of aryl methyl sites for hydroxylation is 1. The van der Waals surface area contributed by atoms with Gasteiger partial charge in [-0.3, -0.25) is 19.0 Å². The van der Waals surface area contributed by atoms with Gasteiger partial charge in [-0.2, -0.15) is 0 Å². The quantitative estimate of drug-likeness (QED) is 0.606. The van der Waals surface area contributed by atoms with E-state index < -0.39 is 29.1 Å². The van der Waals surface area contributed by atoms with Crippen LogP contribution in [0.5, 0.6) is 0 Å². The van der Waals surface area contributed by atoms with E-state index in [2.05, 4.69) is 5.32 Å². The summed E-state index contributed by atoms with van der Waals surface area (Å²) in [4.78, 5) is 37.2. The van der Waals surface area contributed by atoms with Crippen molar-refractivity contribution in [1.82, 2.24) is 9.88 Å². The zero-order chi connectivity index (χ0) is 17.7. The summed E-state index contributed by atoms with van der Waals surface area (Å²) in [6.07, 6.45) is 1.41. The summed E-state index contributed by atoms with van der Waals surface area (Å²) in [6, 6.07) is 6.12. The number of pyridine rings is 1. The summed E-state index contributed by atoms with van der Waals surface area (Å²) >= 11 is 0. The average molecular weight is 332 g/mol. The molecule has 0 unspecified atom stereocenters. The molecule has 0 spiro atoms. The van der Waals surface area contributed by atoms with Crippen molar-refractivity contribution < 1.29 is 19.1 Å². The van der Waals surface area contributed by atoms with E-state index >= 15 is 0 Å². The number of aliphatic hydroxyl groups is 1. The number of carbonyl (C=O) groups excluding carboxylic acids is 2. The van der Waals surface area contributed by atoms with Gasteiger partial charge in [0.1, 0.15) is 5.82 Å². The molecular formula is C17H17FN2O4. The summed E-state index contributed by atoms with van der Waals surface area (Å²) in [5.74, 6) is -1.87. The fraction of sp³-hybridized carbons (Fsp3) is 0.235. The molecule has 2 N–H and O–H groups in total. The number of halogens is 1. The van der Waals surface area contributed by atoms with Gasteiger partial charge >= 0.3 is 0 Å². The molecule has 126 valence electrons.